The van der Waals surface area contributed by atoms with Crippen LogP contribution < -0.4 is 5.73 Å². The molecule has 0 unspecified atom stereocenters. The summed E-state index contributed by atoms with van der Waals surface area (Å²) in [7, 11) is 0. The Labute approximate surface area is 111 Å². The Morgan fingerprint density at radius 3 is 2.42 bits per heavy atom. The molecule has 0 spiro atoms. The minimum atomic E-state index is 0.448. The van der Waals surface area contributed by atoms with Crippen LogP contribution in [0.1, 0.15) is 16.7 Å². The minimum absolute atomic E-state index is 0.448. The minimum Gasteiger partial charge on any atom is -0.326 e. The Hall–Kier alpha value is -2.27. The van der Waals surface area contributed by atoms with Crippen molar-refractivity contribution in [2.24, 2.45) is 5.73 Å². The Balaban J connectivity index is 2.16. The third kappa shape index (κ3) is 1.98. The van der Waals surface area contributed by atoms with Crippen molar-refractivity contribution in [3.05, 3.63) is 47.5 Å². The molecule has 2 N–H and O–H groups in total. The smallest absolute Gasteiger partial charge is 0.235 e. The highest BCUT2D eigenvalue weighted by Crippen LogP contribution is 2.20. The van der Waals surface area contributed by atoms with Gasteiger partial charge in [-0.15, -0.1) is 0 Å². The summed E-state index contributed by atoms with van der Waals surface area (Å²) in [5, 5.41) is 0. The predicted octanol–water partition coefficient (Wildman–Crippen LogP) is 1.89. The van der Waals surface area contributed by atoms with Gasteiger partial charge >= 0.3 is 0 Å². The standard InChI is InChI=1S/C14H15N5/c1-9-3-12-13(4-10(9)2)19(8-18-12)14-16-6-11(5-15)7-17-14/h3-4,6-8H,5,15H2,1-2H3. The molecular weight excluding hydrogens is 238 g/mol. The number of imidazole rings is 1. The zero-order valence-corrected chi connectivity index (χ0v) is 11.0. The molecule has 96 valence electrons. The van der Waals surface area contributed by atoms with E-state index >= 15 is 0 Å². The van der Waals surface area contributed by atoms with Crippen LogP contribution in [0.2, 0.25) is 0 Å². The van der Waals surface area contributed by atoms with Crippen LogP contribution >= 0.6 is 0 Å². The molecule has 0 radical (unpaired) electrons. The number of fused-ring (bicyclic) bond motifs is 1. The molecule has 3 aromatic rings. The van der Waals surface area contributed by atoms with Gasteiger partial charge in [0.1, 0.15) is 6.33 Å². The van der Waals surface area contributed by atoms with Gasteiger partial charge in [-0.1, -0.05) is 0 Å². The van der Waals surface area contributed by atoms with Crippen LogP contribution in [-0.2, 0) is 6.54 Å². The summed E-state index contributed by atoms with van der Waals surface area (Å²) >= 11 is 0. The van der Waals surface area contributed by atoms with Gasteiger partial charge in [0.05, 0.1) is 11.0 Å². The number of hydrogen-bond donors (Lipinski definition) is 1. The van der Waals surface area contributed by atoms with Crippen LogP contribution in [0, 0.1) is 13.8 Å². The van der Waals surface area contributed by atoms with Gasteiger partial charge < -0.3 is 5.73 Å². The van der Waals surface area contributed by atoms with Gasteiger partial charge in [0, 0.05) is 24.5 Å². The van der Waals surface area contributed by atoms with Crippen LogP contribution in [0.25, 0.3) is 17.0 Å². The van der Waals surface area contributed by atoms with E-state index in [9.17, 15) is 0 Å². The van der Waals surface area contributed by atoms with Gasteiger partial charge in [0.25, 0.3) is 0 Å². The number of rotatable bonds is 2. The molecule has 0 atom stereocenters. The number of aromatic nitrogens is 4. The Kier molecular flexibility index (Phi) is 2.76. The molecule has 0 bridgehead atoms. The lowest BCUT2D eigenvalue weighted by Crippen LogP contribution is -2.03. The maximum absolute atomic E-state index is 5.55. The number of benzene rings is 1. The molecule has 5 nitrogen and oxygen atoms in total. The fourth-order valence-electron chi connectivity index (χ4n) is 2.00. The molecule has 0 amide bonds. The van der Waals surface area contributed by atoms with E-state index in [-0.39, 0.29) is 0 Å². The zero-order valence-electron chi connectivity index (χ0n) is 11.0. The molecular formula is C14H15N5. The second kappa shape index (κ2) is 4.44. The second-order valence-corrected chi connectivity index (χ2v) is 4.64. The quantitative estimate of drug-likeness (QED) is 0.757. The average Bonchev–Trinajstić information content (AvgIpc) is 2.82. The molecule has 0 aliphatic carbocycles. The van der Waals surface area contributed by atoms with Crippen molar-refractivity contribution in [3.63, 3.8) is 0 Å². The molecule has 0 fully saturated rings. The molecule has 0 aliphatic heterocycles. The summed E-state index contributed by atoms with van der Waals surface area (Å²) in [5.41, 5.74) is 10.9. The SMILES string of the molecule is Cc1cc2ncn(-c3ncc(CN)cn3)c2cc1C. The number of nitrogens with zero attached hydrogens (tertiary/aromatic N) is 4. The highest BCUT2D eigenvalue weighted by atomic mass is 15.2. The first-order valence-corrected chi connectivity index (χ1v) is 6.14. The summed E-state index contributed by atoms with van der Waals surface area (Å²) in [5.74, 6) is 0.614. The normalized spacial score (nSPS) is 11.1. The summed E-state index contributed by atoms with van der Waals surface area (Å²) in [6.45, 7) is 4.62. The molecule has 0 saturated carbocycles. The van der Waals surface area contributed by atoms with E-state index in [1.807, 2.05) is 4.57 Å². The Morgan fingerprint density at radius 2 is 1.74 bits per heavy atom. The van der Waals surface area contributed by atoms with E-state index in [1.54, 1.807) is 18.7 Å². The van der Waals surface area contributed by atoms with Crippen LogP contribution in [0.5, 0.6) is 0 Å². The number of aryl methyl sites for hydroxylation is 2. The molecule has 2 aromatic heterocycles. The van der Waals surface area contributed by atoms with Crippen LogP contribution in [-0.4, -0.2) is 19.5 Å². The van der Waals surface area contributed by atoms with E-state index in [0.29, 0.717) is 12.5 Å². The summed E-state index contributed by atoms with van der Waals surface area (Å²) < 4.78 is 1.89. The lowest BCUT2D eigenvalue weighted by Gasteiger charge is -2.04. The predicted molar refractivity (Wildman–Crippen MR) is 74.0 cm³/mol. The fourth-order valence-corrected chi connectivity index (χ4v) is 2.00. The third-order valence-electron chi connectivity index (χ3n) is 3.31. The first-order valence-electron chi connectivity index (χ1n) is 6.14. The van der Waals surface area contributed by atoms with E-state index in [2.05, 4.69) is 40.9 Å². The summed E-state index contributed by atoms with van der Waals surface area (Å²) in [6.07, 6.45) is 5.24. The molecule has 0 aliphatic rings. The lowest BCUT2D eigenvalue weighted by atomic mass is 10.1. The molecule has 2 heterocycles. The van der Waals surface area contributed by atoms with Crippen molar-refractivity contribution in [2.45, 2.75) is 20.4 Å². The topological polar surface area (TPSA) is 69.6 Å². The molecule has 5 heteroatoms. The van der Waals surface area contributed by atoms with Crippen molar-refractivity contribution in [3.8, 4) is 5.95 Å². The van der Waals surface area contributed by atoms with Crippen LogP contribution in [0.3, 0.4) is 0 Å². The van der Waals surface area contributed by atoms with Gasteiger partial charge in [-0.25, -0.2) is 15.0 Å². The Morgan fingerprint density at radius 1 is 1.05 bits per heavy atom. The molecule has 3 rings (SSSR count). The largest absolute Gasteiger partial charge is 0.326 e. The van der Waals surface area contributed by atoms with Gasteiger partial charge in [0.2, 0.25) is 5.95 Å². The van der Waals surface area contributed by atoms with Crippen molar-refractivity contribution in [2.75, 3.05) is 0 Å². The highest BCUT2D eigenvalue weighted by molar-refractivity contribution is 5.78. The first kappa shape index (κ1) is 11.8. The van der Waals surface area contributed by atoms with Crippen molar-refractivity contribution in [1.82, 2.24) is 19.5 Å². The molecule has 1 aromatic carbocycles. The van der Waals surface area contributed by atoms with Gasteiger partial charge in [-0.05, 0) is 37.1 Å². The first-order chi connectivity index (χ1) is 9.19. The zero-order chi connectivity index (χ0) is 13.4. The van der Waals surface area contributed by atoms with Crippen molar-refractivity contribution < 1.29 is 0 Å². The maximum Gasteiger partial charge on any atom is 0.235 e. The monoisotopic (exact) mass is 253 g/mol. The van der Waals surface area contributed by atoms with Crippen LogP contribution in [0.4, 0.5) is 0 Å². The van der Waals surface area contributed by atoms with E-state index < -0.39 is 0 Å². The van der Waals surface area contributed by atoms with E-state index in [1.165, 1.54) is 11.1 Å². The van der Waals surface area contributed by atoms with Gasteiger partial charge in [-0.3, -0.25) is 4.57 Å². The number of nitrogens with two attached hydrogens (primary N) is 1. The lowest BCUT2D eigenvalue weighted by molar-refractivity contribution is 0.918. The third-order valence-corrected chi connectivity index (χ3v) is 3.31. The summed E-state index contributed by atoms with van der Waals surface area (Å²) in [6, 6.07) is 4.19. The average molecular weight is 253 g/mol. The highest BCUT2D eigenvalue weighted by Gasteiger charge is 2.08. The van der Waals surface area contributed by atoms with E-state index in [4.69, 9.17) is 5.73 Å². The fraction of sp³-hybridized carbons (Fsp3) is 0.214. The van der Waals surface area contributed by atoms with E-state index in [0.717, 1.165) is 16.6 Å². The molecule has 19 heavy (non-hydrogen) atoms. The maximum atomic E-state index is 5.55. The Bertz CT molecular complexity index is 727. The number of hydrogen-bond acceptors (Lipinski definition) is 4. The van der Waals surface area contributed by atoms with Crippen molar-refractivity contribution in [1.29, 1.82) is 0 Å². The summed E-state index contributed by atoms with van der Waals surface area (Å²) in [4.78, 5) is 13.0. The van der Waals surface area contributed by atoms with Gasteiger partial charge in [0.15, 0.2) is 0 Å². The molecule has 0 saturated heterocycles. The second-order valence-electron chi connectivity index (χ2n) is 4.64. The van der Waals surface area contributed by atoms with Gasteiger partial charge in [-0.2, -0.15) is 0 Å². The van der Waals surface area contributed by atoms with Crippen LogP contribution in [0.15, 0.2) is 30.9 Å². The van der Waals surface area contributed by atoms with Crippen molar-refractivity contribution >= 4 is 11.0 Å².